The van der Waals surface area contributed by atoms with Crippen molar-refractivity contribution < 1.29 is 4.92 Å². The van der Waals surface area contributed by atoms with E-state index >= 15 is 0 Å². The van der Waals surface area contributed by atoms with Crippen LogP contribution in [-0.4, -0.2) is 20.9 Å². The molecule has 0 spiro atoms. The Labute approximate surface area is 123 Å². The van der Waals surface area contributed by atoms with Gasteiger partial charge in [-0.1, -0.05) is 13.8 Å². The van der Waals surface area contributed by atoms with E-state index in [1.807, 2.05) is 0 Å². The number of hydrogen-bond acceptors (Lipinski definition) is 7. The summed E-state index contributed by atoms with van der Waals surface area (Å²) in [5, 5.41) is 14.5. The molecule has 1 aliphatic carbocycles. The number of nitrogens with zero attached hydrogens (tertiary/aromatic N) is 3. The van der Waals surface area contributed by atoms with Crippen LogP contribution in [0.4, 0.5) is 17.5 Å². The van der Waals surface area contributed by atoms with Gasteiger partial charge in [-0.05, 0) is 38.0 Å². The van der Waals surface area contributed by atoms with E-state index in [1.165, 1.54) is 6.42 Å². The average molecular weight is 294 g/mol. The molecule has 0 amide bonds. The molecule has 2 atom stereocenters. The largest absolute Gasteiger partial charge is 0.361 e. The van der Waals surface area contributed by atoms with Crippen molar-refractivity contribution in [2.45, 2.75) is 46.1 Å². The number of nitrogens with two attached hydrogens (primary N) is 1. The summed E-state index contributed by atoms with van der Waals surface area (Å²) in [6, 6.07) is 0.183. The van der Waals surface area contributed by atoms with Crippen LogP contribution in [0.15, 0.2) is 0 Å². The number of anilines is 2. The lowest BCUT2D eigenvalue weighted by molar-refractivity contribution is -0.385. The Bertz CT molecular complexity index is 526. The first-order chi connectivity index (χ1) is 9.90. The first kappa shape index (κ1) is 15.4. The van der Waals surface area contributed by atoms with E-state index in [1.54, 1.807) is 6.92 Å². The second kappa shape index (κ2) is 6.21. The first-order valence-corrected chi connectivity index (χ1v) is 7.16. The lowest BCUT2D eigenvalue weighted by Crippen LogP contribution is -2.31. The highest BCUT2D eigenvalue weighted by atomic mass is 16.6. The molecular weight excluding hydrogens is 272 g/mol. The van der Waals surface area contributed by atoms with E-state index in [0.717, 1.165) is 12.8 Å². The predicted molar refractivity (Wildman–Crippen MR) is 80.8 cm³/mol. The molecule has 2 rings (SSSR count). The van der Waals surface area contributed by atoms with Crippen molar-refractivity contribution in [1.29, 1.82) is 0 Å². The van der Waals surface area contributed by atoms with Crippen LogP contribution in [-0.2, 0) is 0 Å². The summed E-state index contributed by atoms with van der Waals surface area (Å²) in [7, 11) is 0. The zero-order chi connectivity index (χ0) is 15.6. The third-order valence-electron chi connectivity index (χ3n) is 3.89. The Morgan fingerprint density at radius 1 is 1.24 bits per heavy atom. The number of rotatable bonds is 4. The average Bonchev–Trinajstić information content (AvgIpc) is 2.36. The smallest absolute Gasteiger partial charge is 0.332 e. The van der Waals surface area contributed by atoms with Gasteiger partial charge in [0.15, 0.2) is 0 Å². The van der Waals surface area contributed by atoms with Crippen LogP contribution >= 0.6 is 0 Å². The molecule has 8 nitrogen and oxygen atoms in total. The third-order valence-corrected chi connectivity index (χ3v) is 3.89. The summed E-state index contributed by atoms with van der Waals surface area (Å²) in [6.45, 7) is 5.99. The Balaban J connectivity index is 2.29. The van der Waals surface area contributed by atoms with E-state index in [4.69, 9.17) is 5.84 Å². The van der Waals surface area contributed by atoms with E-state index < -0.39 is 4.92 Å². The van der Waals surface area contributed by atoms with Crippen molar-refractivity contribution in [3.05, 3.63) is 15.8 Å². The third kappa shape index (κ3) is 3.57. The molecule has 8 heteroatoms. The van der Waals surface area contributed by atoms with Crippen LogP contribution < -0.4 is 16.6 Å². The van der Waals surface area contributed by atoms with Gasteiger partial charge < -0.3 is 5.32 Å². The number of nitro groups is 1. The molecule has 4 N–H and O–H groups in total. The minimum absolute atomic E-state index is 0.0834. The molecule has 1 heterocycles. The minimum Gasteiger partial charge on any atom is -0.361 e. The number of aromatic nitrogens is 2. The van der Waals surface area contributed by atoms with E-state index in [9.17, 15) is 10.1 Å². The zero-order valence-corrected chi connectivity index (χ0v) is 12.6. The Hall–Kier alpha value is -1.96. The number of nitrogen functional groups attached to an aromatic ring is 1. The van der Waals surface area contributed by atoms with Crippen LogP contribution in [0.5, 0.6) is 0 Å². The number of nitrogens with one attached hydrogen (secondary N) is 2. The molecule has 0 radical (unpaired) electrons. The lowest BCUT2D eigenvalue weighted by atomic mass is 9.80. The second-order valence-electron chi connectivity index (χ2n) is 5.99. The van der Waals surface area contributed by atoms with Gasteiger partial charge in [0.1, 0.15) is 5.69 Å². The fourth-order valence-corrected chi connectivity index (χ4v) is 3.21. The second-order valence-corrected chi connectivity index (χ2v) is 5.99. The van der Waals surface area contributed by atoms with E-state index in [0.29, 0.717) is 17.5 Å². The molecule has 1 fully saturated rings. The van der Waals surface area contributed by atoms with Gasteiger partial charge >= 0.3 is 5.69 Å². The van der Waals surface area contributed by atoms with Gasteiger partial charge in [-0.25, -0.2) is 10.8 Å². The molecule has 1 aromatic rings. The van der Waals surface area contributed by atoms with Crippen LogP contribution in [0.25, 0.3) is 0 Å². The highest BCUT2D eigenvalue weighted by Gasteiger charge is 2.28. The van der Waals surface area contributed by atoms with Crippen molar-refractivity contribution in [3.8, 4) is 0 Å². The van der Waals surface area contributed by atoms with Gasteiger partial charge in [-0.2, -0.15) is 4.98 Å². The van der Waals surface area contributed by atoms with Gasteiger partial charge in [0.25, 0.3) is 0 Å². The van der Waals surface area contributed by atoms with Gasteiger partial charge in [-0.3, -0.25) is 15.5 Å². The molecule has 1 aliphatic rings. The SMILES string of the molecule is Cc1nc(NN)nc(NC2CC(C)CC(C)C2)c1[N+](=O)[O-]. The molecule has 0 aromatic carbocycles. The number of aryl methyl sites for hydroxylation is 1. The summed E-state index contributed by atoms with van der Waals surface area (Å²) in [5.74, 6) is 6.93. The van der Waals surface area contributed by atoms with Crippen LogP contribution in [0, 0.1) is 28.9 Å². The Morgan fingerprint density at radius 2 is 1.86 bits per heavy atom. The normalized spacial score (nSPS) is 25.4. The standard InChI is InChI=1S/C13H22N6O2/c1-7-4-8(2)6-10(5-7)16-12-11(19(20)21)9(3)15-13(17-12)18-14/h7-8,10H,4-6,14H2,1-3H3,(H2,15,16,17,18). The van der Waals surface area contributed by atoms with E-state index in [-0.39, 0.29) is 23.5 Å². The Morgan fingerprint density at radius 3 is 2.38 bits per heavy atom. The molecule has 0 bridgehead atoms. The van der Waals surface area contributed by atoms with Gasteiger partial charge in [-0.15, -0.1) is 0 Å². The van der Waals surface area contributed by atoms with E-state index in [2.05, 4.69) is 34.6 Å². The summed E-state index contributed by atoms with van der Waals surface area (Å²) in [6.07, 6.45) is 3.16. The predicted octanol–water partition coefficient (Wildman–Crippen LogP) is 2.22. The van der Waals surface area contributed by atoms with Crippen LogP contribution in [0.1, 0.15) is 38.8 Å². The van der Waals surface area contributed by atoms with Gasteiger partial charge in [0.05, 0.1) is 4.92 Å². The van der Waals surface area contributed by atoms with Gasteiger partial charge in [0.2, 0.25) is 11.8 Å². The highest BCUT2D eigenvalue weighted by Crippen LogP contribution is 2.33. The summed E-state index contributed by atoms with van der Waals surface area (Å²) >= 11 is 0. The summed E-state index contributed by atoms with van der Waals surface area (Å²) in [4.78, 5) is 18.9. The summed E-state index contributed by atoms with van der Waals surface area (Å²) < 4.78 is 0. The molecule has 116 valence electrons. The molecular formula is C13H22N6O2. The quantitative estimate of drug-likeness (QED) is 0.442. The highest BCUT2D eigenvalue weighted by molar-refractivity contribution is 5.61. The van der Waals surface area contributed by atoms with Crippen LogP contribution in [0.2, 0.25) is 0 Å². The van der Waals surface area contributed by atoms with Crippen molar-refractivity contribution in [3.63, 3.8) is 0 Å². The maximum atomic E-state index is 11.2. The molecule has 1 saturated carbocycles. The fourth-order valence-electron chi connectivity index (χ4n) is 3.21. The minimum atomic E-state index is -0.451. The van der Waals surface area contributed by atoms with Crippen molar-refractivity contribution >= 4 is 17.5 Å². The molecule has 2 unspecified atom stereocenters. The zero-order valence-electron chi connectivity index (χ0n) is 12.6. The molecule has 0 aliphatic heterocycles. The molecule has 21 heavy (non-hydrogen) atoms. The van der Waals surface area contributed by atoms with Crippen molar-refractivity contribution in [2.75, 3.05) is 10.7 Å². The fraction of sp³-hybridized carbons (Fsp3) is 0.692. The molecule has 0 saturated heterocycles. The number of hydrazine groups is 1. The number of hydrogen-bond donors (Lipinski definition) is 3. The monoisotopic (exact) mass is 294 g/mol. The Kier molecular flexibility index (Phi) is 4.56. The maximum Gasteiger partial charge on any atom is 0.332 e. The molecule has 1 aromatic heterocycles. The van der Waals surface area contributed by atoms with Crippen LogP contribution in [0.3, 0.4) is 0 Å². The maximum absolute atomic E-state index is 11.2. The van der Waals surface area contributed by atoms with Crippen molar-refractivity contribution in [1.82, 2.24) is 9.97 Å². The summed E-state index contributed by atoms with van der Waals surface area (Å²) in [5.41, 5.74) is 2.55. The lowest BCUT2D eigenvalue weighted by Gasteiger charge is -2.32. The van der Waals surface area contributed by atoms with Gasteiger partial charge in [0, 0.05) is 6.04 Å². The first-order valence-electron chi connectivity index (χ1n) is 7.16. The topological polar surface area (TPSA) is 119 Å². The van der Waals surface area contributed by atoms with Crippen molar-refractivity contribution in [2.24, 2.45) is 17.7 Å².